The van der Waals surface area contributed by atoms with Crippen molar-refractivity contribution in [3.63, 3.8) is 0 Å². The smallest absolute Gasteiger partial charge is 0.246 e. The highest BCUT2D eigenvalue weighted by atomic mass is 32.2. The Balaban J connectivity index is 1.99. The van der Waals surface area contributed by atoms with Crippen molar-refractivity contribution in [3.05, 3.63) is 90.0 Å². The quantitative estimate of drug-likeness (QED) is 0.294. The van der Waals surface area contributed by atoms with Crippen LogP contribution in [-0.2, 0) is 29.5 Å². The zero-order valence-corrected chi connectivity index (χ0v) is 23.6. The number of nitrogens with one attached hydrogen (secondary N) is 2. The summed E-state index contributed by atoms with van der Waals surface area (Å²) in [5, 5.41) is 0. The monoisotopic (exact) mass is 562 g/mol. The molecule has 2 atom stereocenters. The fourth-order valence-corrected chi connectivity index (χ4v) is 6.10. The zero-order chi connectivity index (χ0) is 27.9. The van der Waals surface area contributed by atoms with Gasteiger partial charge in [0, 0.05) is 0 Å². The molecule has 0 aromatic heterocycles. The molecule has 0 bridgehead atoms. The standard InChI is InChI=1S/C27H34N2O7S2/c1-19(2)35-26(21-12-8-6-9-13-21)28-37(30,31)23-16-17-24(34-5)25(18-23)38(32,33)29-27(36-20(3)4)22-14-10-7-11-15-22/h6-20,26-29H,1-5H3. The summed E-state index contributed by atoms with van der Waals surface area (Å²) in [5.74, 6) is -0.0224. The number of ether oxygens (including phenoxy) is 3. The summed E-state index contributed by atoms with van der Waals surface area (Å²) in [5.41, 5.74) is 1.19. The minimum Gasteiger partial charge on any atom is -0.495 e. The van der Waals surface area contributed by atoms with Crippen LogP contribution < -0.4 is 14.2 Å². The molecular weight excluding hydrogens is 528 g/mol. The Kier molecular flexibility index (Phi) is 10.0. The van der Waals surface area contributed by atoms with Crippen LogP contribution in [0, 0.1) is 0 Å². The number of sulfonamides is 2. The molecule has 2 N–H and O–H groups in total. The van der Waals surface area contributed by atoms with Gasteiger partial charge >= 0.3 is 0 Å². The van der Waals surface area contributed by atoms with Crippen LogP contribution in [0.3, 0.4) is 0 Å². The van der Waals surface area contributed by atoms with E-state index < -0.39 is 32.5 Å². The van der Waals surface area contributed by atoms with E-state index in [-0.39, 0.29) is 27.7 Å². The lowest BCUT2D eigenvalue weighted by atomic mass is 10.2. The highest BCUT2D eigenvalue weighted by Crippen LogP contribution is 2.30. The molecule has 0 heterocycles. The molecule has 2 unspecified atom stereocenters. The van der Waals surface area contributed by atoms with Crippen LogP contribution in [0.25, 0.3) is 0 Å². The van der Waals surface area contributed by atoms with Crippen molar-refractivity contribution in [3.8, 4) is 5.75 Å². The lowest BCUT2D eigenvalue weighted by molar-refractivity contribution is -0.000247. The van der Waals surface area contributed by atoms with E-state index in [2.05, 4.69) is 9.44 Å². The molecule has 11 heteroatoms. The van der Waals surface area contributed by atoms with Gasteiger partial charge in [-0.1, -0.05) is 60.7 Å². The van der Waals surface area contributed by atoms with Crippen molar-refractivity contribution in [1.82, 2.24) is 9.44 Å². The fourth-order valence-electron chi connectivity index (χ4n) is 3.60. The Labute approximate surface area is 225 Å². The Morgan fingerprint density at radius 1 is 0.632 bits per heavy atom. The summed E-state index contributed by atoms with van der Waals surface area (Å²) < 4.78 is 75.8. The second-order valence-electron chi connectivity index (χ2n) is 9.01. The van der Waals surface area contributed by atoms with Gasteiger partial charge in [-0.2, -0.15) is 9.44 Å². The second-order valence-corrected chi connectivity index (χ2v) is 12.4. The summed E-state index contributed by atoms with van der Waals surface area (Å²) in [6.07, 6.45) is -2.57. The van der Waals surface area contributed by atoms with Crippen molar-refractivity contribution in [2.24, 2.45) is 0 Å². The number of methoxy groups -OCH3 is 1. The van der Waals surface area contributed by atoms with Gasteiger partial charge in [0.15, 0.2) is 0 Å². The van der Waals surface area contributed by atoms with Gasteiger partial charge in [-0.3, -0.25) is 0 Å². The molecule has 0 spiro atoms. The van der Waals surface area contributed by atoms with Gasteiger partial charge in [0.25, 0.3) is 0 Å². The molecule has 0 saturated heterocycles. The molecule has 0 radical (unpaired) electrons. The summed E-state index contributed by atoms with van der Waals surface area (Å²) in [7, 11) is -7.21. The van der Waals surface area contributed by atoms with Gasteiger partial charge in [0.2, 0.25) is 20.0 Å². The maximum absolute atomic E-state index is 13.5. The van der Waals surface area contributed by atoms with Crippen molar-refractivity contribution in [1.29, 1.82) is 0 Å². The number of hydrogen-bond acceptors (Lipinski definition) is 7. The van der Waals surface area contributed by atoms with E-state index in [1.54, 1.807) is 82.3 Å². The van der Waals surface area contributed by atoms with Gasteiger partial charge in [-0.05, 0) is 57.0 Å². The first-order valence-electron chi connectivity index (χ1n) is 12.1. The molecule has 0 aliphatic heterocycles. The Hall–Kier alpha value is -2.80. The zero-order valence-electron chi connectivity index (χ0n) is 22.0. The fraction of sp³-hybridized carbons (Fsp3) is 0.333. The van der Waals surface area contributed by atoms with Crippen molar-refractivity contribution in [2.45, 2.75) is 62.1 Å². The van der Waals surface area contributed by atoms with Crippen LogP contribution in [0.15, 0.2) is 88.7 Å². The minimum atomic E-state index is -4.30. The van der Waals surface area contributed by atoms with Crippen molar-refractivity contribution < 1.29 is 31.0 Å². The van der Waals surface area contributed by atoms with E-state index in [1.165, 1.54) is 19.2 Å². The van der Waals surface area contributed by atoms with Gasteiger partial charge in [0.05, 0.1) is 24.2 Å². The van der Waals surface area contributed by atoms with E-state index in [0.29, 0.717) is 11.1 Å². The average Bonchev–Trinajstić information content (AvgIpc) is 2.87. The van der Waals surface area contributed by atoms with Crippen LogP contribution in [0.2, 0.25) is 0 Å². The topological polar surface area (TPSA) is 120 Å². The molecule has 9 nitrogen and oxygen atoms in total. The third-order valence-electron chi connectivity index (χ3n) is 5.28. The number of rotatable bonds is 13. The molecular formula is C27H34N2O7S2. The first-order valence-corrected chi connectivity index (χ1v) is 15.0. The predicted molar refractivity (Wildman–Crippen MR) is 144 cm³/mol. The van der Waals surface area contributed by atoms with E-state index in [1.807, 2.05) is 6.07 Å². The van der Waals surface area contributed by atoms with E-state index >= 15 is 0 Å². The molecule has 0 aliphatic rings. The molecule has 0 saturated carbocycles. The Bertz CT molecular complexity index is 1400. The third kappa shape index (κ3) is 7.85. The highest BCUT2D eigenvalue weighted by Gasteiger charge is 2.29. The normalized spacial score (nSPS) is 14.0. The number of benzene rings is 3. The van der Waals surface area contributed by atoms with Crippen molar-refractivity contribution in [2.75, 3.05) is 7.11 Å². The Morgan fingerprint density at radius 3 is 1.50 bits per heavy atom. The van der Waals surface area contributed by atoms with Gasteiger partial charge in [-0.15, -0.1) is 0 Å². The van der Waals surface area contributed by atoms with E-state index in [4.69, 9.17) is 14.2 Å². The molecule has 206 valence electrons. The lowest BCUT2D eigenvalue weighted by Crippen LogP contribution is -2.33. The maximum Gasteiger partial charge on any atom is 0.246 e. The molecule has 0 aliphatic carbocycles. The van der Waals surface area contributed by atoms with Gasteiger partial charge in [0.1, 0.15) is 23.1 Å². The molecule has 0 fully saturated rings. The van der Waals surface area contributed by atoms with Crippen LogP contribution in [0.1, 0.15) is 51.3 Å². The average molecular weight is 563 g/mol. The summed E-state index contributed by atoms with van der Waals surface area (Å²) in [6, 6.07) is 21.3. The second kappa shape index (κ2) is 12.8. The summed E-state index contributed by atoms with van der Waals surface area (Å²) >= 11 is 0. The largest absolute Gasteiger partial charge is 0.495 e. The highest BCUT2D eigenvalue weighted by molar-refractivity contribution is 7.90. The van der Waals surface area contributed by atoms with E-state index in [9.17, 15) is 16.8 Å². The maximum atomic E-state index is 13.5. The lowest BCUT2D eigenvalue weighted by Gasteiger charge is -2.23. The van der Waals surface area contributed by atoms with Crippen LogP contribution in [0.4, 0.5) is 0 Å². The van der Waals surface area contributed by atoms with Gasteiger partial charge in [-0.25, -0.2) is 16.8 Å². The van der Waals surface area contributed by atoms with Crippen molar-refractivity contribution >= 4 is 20.0 Å². The number of hydrogen-bond donors (Lipinski definition) is 2. The molecule has 3 aromatic rings. The molecule has 3 rings (SSSR count). The van der Waals surface area contributed by atoms with Crippen LogP contribution in [0.5, 0.6) is 5.75 Å². The SMILES string of the molecule is COc1ccc(S(=O)(=O)NC(OC(C)C)c2ccccc2)cc1S(=O)(=O)NC(OC(C)C)c1ccccc1. The minimum absolute atomic E-state index is 0.0224. The summed E-state index contributed by atoms with van der Waals surface area (Å²) in [4.78, 5) is -0.620. The van der Waals surface area contributed by atoms with Crippen LogP contribution in [-0.4, -0.2) is 36.2 Å². The first-order chi connectivity index (χ1) is 17.9. The third-order valence-corrected chi connectivity index (χ3v) is 8.10. The predicted octanol–water partition coefficient (Wildman–Crippen LogP) is 4.50. The molecule has 0 amide bonds. The van der Waals surface area contributed by atoms with Crippen LogP contribution >= 0.6 is 0 Å². The summed E-state index contributed by atoms with van der Waals surface area (Å²) in [6.45, 7) is 7.14. The van der Waals surface area contributed by atoms with E-state index in [0.717, 1.165) is 6.07 Å². The molecule has 38 heavy (non-hydrogen) atoms. The van der Waals surface area contributed by atoms with Gasteiger partial charge < -0.3 is 14.2 Å². The molecule has 3 aromatic carbocycles. The first kappa shape index (κ1) is 29.8. The Morgan fingerprint density at radius 2 is 1.08 bits per heavy atom.